The third kappa shape index (κ3) is 3.92. The summed E-state index contributed by atoms with van der Waals surface area (Å²) in [7, 11) is 0. The number of amides is 2. The van der Waals surface area contributed by atoms with Crippen molar-refractivity contribution in [1.82, 2.24) is 5.32 Å². The highest BCUT2D eigenvalue weighted by atomic mass is 79.9. The zero-order valence-electron chi connectivity index (χ0n) is 16.3. The molecule has 0 spiro atoms. The molecule has 1 N–H and O–H groups in total. The van der Waals surface area contributed by atoms with E-state index in [1.807, 2.05) is 31.2 Å². The molecule has 0 aliphatic carbocycles. The van der Waals surface area contributed by atoms with Gasteiger partial charge in [-0.05, 0) is 52.3 Å². The minimum absolute atomic E-state index is 0.0377. The van der Waals surface area contributed by atoms with Gasteiger partial charge in [0.2, 0.25) is 5.88 Å². The van der Waals surface area contributed by atoms with Crippen LogP contribution in [0.15, 0.2) is 44.8 Å². The zero-order chi connectivity index (χ0) is 21.3. The van der Waals surface area contributed by atoms with Gasteiger partial charge in [0.15, 0.2) is 5.11 Å². The highest BCUT2D eigenvalue weighted by Gasteiger charge is 2.35. The maximum absolute atomic E-state index is 13.2. The van der Waals surface area contributed by atoms with Crippen LogP contribution >= 0.6 is 28.1 Å². The third-order valence-electron chi connectivity index (χ3n) is 4.99. The number of thiocarbonyl (C=S) groups is 1. The van der Waals surface area contributed by atoms with E-state index >= 15 is 0 Å². The van der Waals surface area contributed by atoms with Gasteiger partial charge >= 0.3 is 0 Å². The molecular weight excluding hydrogens is 470 g/mol. The number of carbonyl (C=O) groups is 2. The third-order valence-corrected chi connectivity index (χ3v) is 5.84. The summed E-state index contributed by atoms with van der Waals surface area (Å²) in [5.41, 5.74) is 1.58. The normalized spacial score (nSPS) is 18.9. The van der Waals surface area contributed by atoms with E-state index in [-0.39, 0.29) is 10.7 Å². The molecule has 1 aromatic heterocycles. The first-order chi connectivity index (χ1) is 14.5. The summed E-state index contributed by atoms with van der Waals surface area (Å²) in [6, 6.07) is 9.24. The molecule has 2 amide bonds. The smallest absolute Gasteiger partial charge is 0.270 e. The predicted octanol–water partition coefficient (Wildman–Crippen LogP) is 3.27. The van der Waals surface area contributed by atoms with Crippen LogP contribution in [0.3, 0.4) is 0 Å². The molecule has 2 aliphatic rings. The van der Waals surface area contributed by atoms with E-state index in [0.717, 1.165) is 16.5 Å². The standard InChI is InChI=1S/C21H20BrN3O4S/c1-2-13-5-3-4-6-17(13)25-19(27)15(18(26)23-21(25)30)11-14-12-16(22)20(29-14)24-7-9-28-10-8-24/h3-6,11-12H,2,7-10H2,1H3,(H,23,26,30)/b15-11+. The van der Waals surface area contributed by atoms with Crippen LogP contribution in [0.4, 0.5) is 11.6 Å². The van der Waals surface area contributed by atoms with E-state index in [9.17, 15) is 9.59 Å². The number of nitrogens with zero attached hydrogens (tertiary/aromatic N) is 2. The molecule has 0 radical (unpaired) electrons. The molecule has 2 fully saturated rings. The van der Waals surface area contributed by atoms with Crippen LogP contribution in [0.2, 0.25) is 0 Å². The Morgan fingerprint density at radius 3 is 2.70 bits per heavy atom. The highest BCUT2D eigenvalue weighted by Crippen LogP contribution is 2.33. The molecule has 0 saturated carbocycles. The van der Waals surface area contributed by atoms with Crippen LogP contribution in [0.25, 0.3) is 6.08 Å². The Kier molecular flexibility index (Phi) is 6.03. The Bertz CT molecular complexity index is 1040. The van der Waals surface area contributed by atoms with E-state index in [1.54, 1.807) is 6.07 Å². The fourth-order valence-electron chi connectivity index (χ4n) is 3.48. The monoisotopic (exact) mass is 489 g/mol. The Balaban J connectivity index is 1.68. The van der Waals surface area contributed by atoms with Gasteiger partial charge in [-0.1, -0.05) is 25.1 Å². The number of furan rings is 1. The fourth-order valence-corrected chi connectivity index (χ4v) is 4.31. The van der Waals surface area contributed by atoms with Crippen molar-refractivity contribution in [3.8, 4) is 0 Å². The molecule has 30 heavy (non-hydrogen) atoms. The summed E-state index contributed by atoms with van der Waals surface area (Å²) >= 11 is 8.80. The molecule has 0 atom stereocenters. The molecule has 1 aromatic carbocycles. The summed E-state index contributed by atoms with van der Waals surface area (Å²) in [5.74, 6) is 0.0247. The van der Waals surface area contributed by atoms with E-state index in [1.165, 1.54) is 11.0 Å². The molecule has 7 nitrogen and oxygen atoms in total. The molecule has 156 valence electrons. The van der Waals surface area contributed by atoms with E-state index in [4.69, 9.17) is 21.4 Å². The number of rotatable bonds is 4. The number of morpholine rings is 1. The van der Waals surface area contributed by atoms with Crippen molar-refractivity contribution in [3.05, 3.63) is 51.7 Å². The van der Waals surface area contributed by atoms with E-state index in [2.05, 4.69) is 26.1 Å². The van der Waals surface area contributed by atoms with Crippen LogP contribution in [-0.2, 0) is 20.7 Å². The molecule has 3 heterocycles. The molecule has 0 unspecified atom stereocenters. The summed E-state index contributed by atoms with van der Waals surface area (Å²) in [5, 5.41) is 2.68. The molecule has 2 aromatic rings. The van der Waals surface area contributed by atoms with Crippen molar-refractivity contribution in [2.24, 2.45) is 0 Å². The van der Waals surface area contributed by atoms with Gasteiger partial charge in [0, 0.05) is 19.2 Å². The van der Waals surface area contributed by atoms with Gasteiger partial charge in [-0.3, -0.25) is 19.8 Å². The number of hydrogen-bond acceptors (Lipinski definition) is 6. The number of halogens is 1. The minimum atomic E-state index is -0.546. The van der Waals surface area contributed by atoms with Gasteiger partial charge in [0.05, 0.1) is 23.4 Å². The average molecular weight is 490 g/mol. The quantitative estimate of drug-likeness (QED) is 0.403. The van der Waals surface area contributed by atoms with Crippen molar-refractivity contribution in [2.75, 3.05) is 36.1 Å². The van der Waals surface area contributed by atoms with Crippen molar-refractivity contribution in [3.63, 3.8) is 0 Å². The topological polar surface area (TPSA) is 75.0 Å². The lowest BCUT2D eigenvalue weighted by Crippen LogP contribution is -2.54. The van der Waals surface area contributed by atoms with Crippen molar-refractivity contribution >= 4 is 62.7 Å². The lowest BCUT2D eigenvalue weighted by atomic mass is 10.1. The Morgan fingerprint density at radius 2 is 1.97 bits per heavy atom. The van der Waals surface area contributed by atoms with Crippen LogP contribution in [0.5, 0.6) is 0 Å². The van der Waals surface area contributed by atoms with Gasteiger partial charge < -0.3 is 14.1 Å². The van der Waals surface area contributed by atoms with Crippen LogP contribution < -0.4 is 15.1 Å². The van der Waals surface area contributed by atoms with Gasteiger partial charge in [0.1, 0.15) is 11.3 Å². The average Bonchev–Trinajstić information content (AvgIpc) is 3.12. The molecule has 2 aliphatic heterocycles. The Morgan fingerprint density at radius 1 is 1.23 bits per heavy atom. The number of hydrogen-bond donors (Lipinski definition) is 1. The van der Waals surface area contributed by atoms with Crippen LogP contribution in [0, 0.1) is 0 Å². The Labute approximate surface area is 187 Å². The summed E-state index contributed by atoms with van der Waals surface area (Å²) < 4.78 is 12.1. The number of nitrogens with one attached hydrogen (secondary N) is 1. The second-order valence-electron chi connectivity index (χ2n) is 6.84. The second-order valence-corrected chi connectivity index (χ2v) is 8.08. The number of anilines is 2. The fraction of sp³-hybridized carbons (Fsp3) is 0.286. The summed E-state index contributed by atoms with van der Waals surface area (Å²) in [6.07, 6.45) is 2.18. The summed E-state index contributed by atoms with van der Waals surface area (Å²) in [6.45, 7) is 4.65. The lowest BCUT2D eigenvalue weighted by molar-refractivity contribution is -0.122. The summed E-state index contributed by atoms with van der Waals surface area (Å²) in [4.78, 5) is 29.2. The SMILES string of the molecule is CCc1ccccc1N1C(=O)/C(=C/c2cc(Br)c(N3CCOCC3)o2)C(=O)NC1=S. The first kappa shape index (κ1) is 20.8. The largest absolute Gasteiger partial charge is 0.440 e. The maximum Gasteiger partial charge on any atom is 0.270 e. The van der Waals surface area contributed by atoms with Gasteiger partial charge in [-0.15, -0.1) is 0 Å². The minimum Gasteiger partial charge on any atom is -0.440 e. The van der Waals surface area contributed by atoms with E-state index < -0.39 is 11.8 Å². The number of ether oxygens (including phenoxy) is 1. The zero-order valence-corrected chi connectivity index (χ0v) is 18.7. The van der Waals surface area contributed by atoms with Gasteiger partial charge in [-0.25, -0.2) is 0 Å². The number of carbonyl (C=O) groups excluding carboxylic acids is 2. The Hall–Kier alpha value is -2.49. The first-order valence-electron chi connectivity index (χ1n) is 9.61. The van der Waals surface area contributed by atoms with Crippen molar-refractivity contribution < 1.29 is 18.7 Å². The number of para-hydroxylation sites is 1. The van der Waals surface area contributed by atoms with Crippen molar-refractivity contribution in [1.29, 1.82) is 0 Å². The van der Waals surface area contributed by atoms with Gasteiger partial charge in [0.25, 0.3) is 11.8 Å². The molecule has 2 saturated heterocycles. The molecule has 4 rings (SSSR count). The van der Waals surface area contributed by atoms with E-state index in [0.29, 0.717) is 43.6 Å². The van der Waals surface area contributed by atoms with Crippen molar-refractivity contribution in [2.45, 2.75) is 13.3 Å². The molecule has 9 heteroatoms. The predicted molar refractivity (Wildman–Crippen MR) is 121 cm³/mol. The second kappa shape index (κ2) is 8.71. The number of benzene rings is 1. The lowest BCUT2D eigenvalue weighted by Gasteiger charge is -2.30. The molecular formula is C21H20BrN3O4S. The van der Waals surface area contributed by atoms with Gasteiger partial charge in [-0.2, -0.15) is 0 Å². The molecule has 0 bridgehead atoms. The van der Waals surface area contributed by atoms with Crippen LogP contribution in [0.1, 0.15) is 18.2 Å². The maximum atomic E-state index is 13.2. The first-order valence-corrected chi connectivity index (χ1v) is 10.8. The highest BCUT2D eigenvalue weighted by molar-refractivity contribution is 9.10. The number of aryl methyl sites for hydroxylation is 1. The van der Waals surface area contributed by atoms with Crippen LogP contribution in [-0.4, -0.2) is 43.2 Å².